The second kappa shape index (κ2) is 7.79. The minimum atomic E-state index is -0.443. The molecule has 0 unspecified atom stereocenters. The zero-order valence-corrected chi connectivity index (χ0v) is 10.4. The van der Waals surface area contributed by atoms with Gasteiger partial charge in [0.15, 0.2) is 0 Å². The van der Waals surface area contributed by atoms with Crippen LogP contribution >= 0.6 is 0 Å². The van der Waals surface area contributed by atoms with Gasteiger partial charge in [-0.15, -0.1) is 0 Å². The average molecular weight is 255 g/mol. The standard InChI is InChI=1S/C13H18FNO3/c1-18-9-3-6-15(7-8-16)13(17)11-4-2-5-12(14)10-11/h2,4-5,10,16H,3,6-9H2,1H3. The number of carbonyl (C=O) groups excluding carboxylic acids is 1. The van der Waals surface area contributed by atoms with E-state index in [4.69, 9.17) is 9.84 Å². The first-order valence-electron chi connectivity index (χ1n) is 5.83. The molecule has 18 heavy (non-hydrogen) atoms. The van der Waals surface area contributed by atoms with Crippen molar-refractivity contribution in [3.8, 4) is 0 Å². The van der Waals surface area contributed by atoms with Crippen molar-refractivity contribution in [1.29, 1.82) is 0 Å². The number of methoxy groups -OCH3 is 1. The molecule has 4 nitrogen and oxygen atoms in total. The number of aliphatic hydroxyl groups excluding tert-OH is 1. The van der Waals surface area contributed by atoms with E-state index in [0.717, 1.165) is 0 Å². The SMILES string of the molecule is COCCCN(CCO)C(=O)c1cccc(F)c1. The van der Waals surface area contributed by atoms with Crippen LogP contribution in [0.2, 0.25) is 0 Å². The quantitative estimate of drug-likeness (QED) is 0.747. The summed E-state index contributed by atoms with van der Waals surface area (Å²) >= 11 is 0. The van der Waals surface area contributed by atoms with Crippen molar-refractivity contribution in [3.05, 3.63) is 35.6 Å². The van der Waals surface area contributed by atoms with E-state index in [1.807, 2.05) is 0 Å². The van der Waals surface area contributed by atoms with Gasteiger partial charge in [0.1, 0.15) is 5.82 Å². The van der Waals surface area contributed by atoms with E-state index in [1.165, 1.54) is 23.1 Å². The molecule has 0 aliphatic carbocycles. The molecule has 0 radical (unpaired) electrons. The van der Waals surface area contributed by atoms with Gasteiger partial charge in [0, 0.05) is 32.4 Å². The lowest BCUT2D eigenvalue weighted by Crippen LogP contribution is -2.35. The van der Waals surface area contributed by atoms with Crippen molar-refractivity contribution in [1.82, 2.24) is 4.90 Å². The maximum absolute atomic E-state index is 13.0. The number of hydrogen-bond donors (Lipinski definition) is 1. The molecule has 1 rings (SSSR count). The van der Waals surface area contributed by atoms with Gasteiger partial charge in [0.25, 0.3) is 5.91 Å². The molecule has 5 heteroatoms. The van der Waals surface area contributed by atoms with E-state index in [-0.39, 0.29) is 19.1 Å². The summed E-state index contributed by atoms with van der Waals surface area (Å²) in [7, 11) is 1.59. The Hall–Kier alpha value is -1.46. The zero-order chi connectivity index (χ0) is 13.4. The predicted molar refractivity (Wildman–Crippen MR) is 65.9 cm³/mol. The van der Waals surface area contributed by atoms with Gasteiger partial charge >= 0.3 is 0 Å². The van der Waals surface area contributed by atoms with Gasteiger partial charge in [-0.05, 0) is 24.6 Å². The summed E-state index contributed by atoms with van der Waals surface area (Å²) in [6.07, 6.45) is 0.678. The summed E-state index contributed by atoms with van der Waals surface area (Å²) in [4.78, 5) is 13.6. The van der Waals surface area contributed by atoms with E-state index in [9.17, 15) is 9.18 Å². The van der Waals surface area contributed by atoms with Gasteiger partial charge < -0.3 is 14.7 Å². The van der Waals surface area contributed by atoms with E-state index in [2.05, 4.69) is 0 Å². The summed E-state index contributed by atoms with van der Waals surface area (Å²) in [6, 6.07) is 5.54. The Morgan fingerprint density at radius 3 is 2.83 bits per heavy atom. The van der Waals surface area contributed by atoms with E-state index in [1.54, 1.807) is 13.2 Å². The van der Waals surface area contributed by atoms with Gasteiger partial charge in [-0.25, -0.2) is 4.39 Å². The lowest BCUT2D eigenvalue weighted by Gasteiger charge is -2.21. The zero-order valence-electron chi connectivity index (χ0n) is 10.4. The molecule has 0 spiro atoms. The Balaban J connectivity index is 2.69. The molecule has 0 aliphatic heterocycles. The highest BCUT2D eigenvalue weighted by molar-refractivity contribution is 5.94. The van der Waals surface area contributed by atoms with Gasteiger partial charge in [-0.3, -0.25) is 4.79 Å². The number of hydrogen-bond acceptors (Lipinski definition) is 3. The van der Waals surface area contributed by atoms with E-state index >= 15 is 0 Å². The van der Waals surface area contributed by atoms with Gasteiger partial charge in [0.2, 0.25) is 0 Å². The number of benzene rings is 1. The molecule has 0 heterocycles. The highest BCUT2D eigenvalue weighted by Crippen LogP contribution is 2.08. The molecule has 0 aromatic heterocycles. The maximum atomic E-state index is 13.0. The Kier molecular flexibility index (Phi) is 6.32. The first-order valence-corrected chi connectivity index (χ1v) is 5.83. The van der Waals surface area contributed by atoms with Crippen molar-refractivity contribution in [2.24, 2.45) is 0 Å². The van der Waals surface area contributed by atoms with Crippen LogP contribution in [0, 0.1) is 5.82 Å². The van der Waals surface area contributed by atoms with Crippen LogP contribution in [0.5, 0.6) is 0 Å². The Morgan fingerprint density at radius 2 is 2.22 bits per heavy atom. The van der Waals surface area contributed by atoms with Crippen molar-refractivity contribution in [2.45, 2.75) is 6.42 Å². The molecule has 0 aliphatic rings. The van der Waals surface area contributed by atoms with Crippen LogP contribution in [0.25, 0.3) is 0 Å². The maximum Gasteiger partial charge on any atom is 0.254 e. The number of halogens is 1. The topological polar surface area (TPSA) is 49.8 Å². The van der Waals surface area contributed by atoms with Gasteiger partial charge in [0.05, 0.1) is 6.61 Å². The molecular weight excluding hydrogens is 237 g/mol. The number of aliphatic hydroxyl groups is 1. The van der Waals surface area contributed by atoms with Crippen molar-refractivity contribution in [2.75, 3.05) is 33.4 Å². The summed E-state index contributed by atoms with van der Waals surface area (Å²) < 4.78 is 18.0. The third-order valence-corrected chi connectivity index (χ3v) is 2.51. The van der Waals surface area contributed by atoms with Crippen LogP contribution in [0.1, 0.15) is 16.8 Å². The summed E-state index contributed by atoms with van der Waals surface area (Å²) in [5.74, 6) is -0.721. The third kappa shape index (κ3) is 4.43. The Bertz CT molecular complexity index is 384. The monoisotopic (exact) mass is 255 g/mol. The van der Waals surface area contributed by atoms with Crippen LogP contribution in [-0.2, 0) is 4.74 Å². The van der Waals surface area contributed by atoms with Crippen LogP contribution in [0.3, 0.4) is 0 Å². The molecule has 1 aromatic rings. The number of nitrogens with zero attached hydrogens (tertiary/aromatic N) is 1. The summed E-state index contributed by atoms with van der Waals surface area (Å²) in [5.41, 5.74) is 0.292. The number of carbonyl (C=O) groups is 1. The van der Waals surface area contributed by atoms with Crippen molar-refractivity contribution < 1.29 is 19.0 Å². The highest BCUT2D eigenvalue weighted by atomic mass is 19.1. The van der Waals surface area contributed by atoms with Crippen molar-refractivity contribution in [3.63, 3.8) is 0 Å². The van der Waals surface area contributed by atoms with Crippen LogP contribution in [-0.4, -0.2) is 49.3 Å². The second-order valence-electron chi connectivity index (χ2n) is 3.87. The minimum Gasteiger partial charge on any atom is -0.395 e. The van der Waals surface area contributed by atoms with Gasteiger partial charge in [-0.2, -0.15) is 0 Å². The van der Waals surface area contributed by atoms with Crippen LogP contribution < -0.4 is 0 Å². The molecule has 1 N–H and O–H groups in total. The van der Waals surface area contributed by atoms with Gasteiger partial charge in [-0.1, -0.05) is 6.07 Å². The Morgan fingerprint density at radius 1 is 1.44 bits per heavy atom. The molecular formula is C13H18FNO3. The molecule has 0 saturated carbocycles. The molecule has 0 atom stereocenters. The molecule has 0 fully saturated rings. The van der Waals surface area contributed by atoms with Crippen LogP contribution in [0.4, 0.5) is 4.39 Å². The largest absolute Gasteiger partial charge is 0.395 e. The summed E-state index contributed by atoms with van der Waals surface area (Å²) in [5, 5.41) is 8.94. The van der Waals surface area contributed by atoms with E-state index in [0.29, 0.717) is 25.1 Å². The normalized spacial score (nSPS) is 10.4. The molecule has 100 valence electrons. The molecule has 1 amide bonds. The number of ether oxygens (including phenoxy) is 1. The third-order valence-electron chi connectivity index (χ3n) is 2.51. The molecule has 0 saturated heterocycles. The highest BCUT2D eigenvalue weighted by Gasteiger charge is 2.15. The van der Waals surface area contributed by atoms with E-state index < -0.39 is 5.82 Å². The molecule has 0 bridgehead atoms. The van der Waals surface area contributed by atoms with Crippen LogP contribution in [0.15, 0.2) is 24.3 Å². The molecule has 1 aromatic carbocycles. The predicted octanol–water partition coefficient (Wildman–Crippen LogP) is 1.30. The Labute approximate surface area is 106 Å². The smallest absolute Gasteiger partial charge is 0.254 e. The number of rotatable bonds is 7. The van der Waals surface area contributed by atoms with Crippen molar-refractivity contribution >= 4 is 5.91 Å². The fraction of sp³-hybridized carbons (Fsp3) is 0.462. The average Bonchev–Trinajstić information content (AvgIpc) is 2.37. The fourth-order valence-corrected chi connectivity index (χ4v) is 1.64. The lowest BCUT2D eigenvalue weighted by molar-refractivity contribution is 0.0701. The lowest BCUT2D eigenvalue weighted by atomic mass is 10.2. The first-order chi connectivity index (χ1) is 8.69. The fourth-order valence-electron chi connectivity index (χ4n) is 1.64. The number of amides is 1. The minimum absolute atomic E-state index is 0.117. The first kappa shape index (κ1) is 14.6. The summed E-state index contributed by atoms with van der Waals surface area (Å²) in [6.45, 7) is 1.13. The second-order valence-corrected chi connectivity index (χ2v) is 3.87.